The van der Waals surface area contributed by atoms with Crippen molar-refractivity contribution in [1.82, 2.24) is 0 Å². The van der Waals surface area contributed by atoms with Crippen LogP contribution >= 0.6 is 36.7 Å². The van der Waals surface area contributed by atoms with Crippen LogP contribution in [0.1, 0.15) is 19.3 Å². The zero-order valence-corrected chi connectivity index (χ0v) is 8.10. The van der Waals surface area contributed by atoms with Crippen molar-refractivity contribution in [2.24, 2.45) is 5.92 Å². The van der Waals surface area contributed by atoms with Crippen molar-refractivity contribution in [3.05, 3.63) is 0 Å². The molecule has 0 fully saturated rings. The van der Waals surface area contributed by atoms with Crippen LogP contribution in [0.3, 0.4) is 0 Å². The third kappa shape index (κ3) is 5.09. The van der Waals surface area contributed by atoms with Gasteiger partial charge in [-0.05, 0) is 41.3 Å². The molecule has 0 aromatic carbocycles. The van der Waals surface area contributed by atoms with Gasteiger partial charge in [0.25, 0.3) is 0 Å². The summed E-state index contributed by atoms with van der Waals surface area (Å²) >= 11 is 14.2. The molecule has 0 saturated carbocycles. The van der Waals surface area contributed by atoms with Crippen LogP contribution in [-0.4, -0.2) is 16.1 Å². The summed E-state index contributed by atoms with van der Waals surface area (Å²) in [6.07, 6.45) is 2.90. The Morgan fingerprint density at radius 2 is 1.80 bits per heavy atom. The van der Waals surface area contributed by atoms with Gasteiger partial charge in [-0.3, -0.25) is 0 Å². The third-order valence-electron chi connectivity index (χ3n) is 1.25. The molecule has 0 aromatic heterocycles. The van der Waals surface area contributed by atoms with E-state index >= 15 is 0 Å². The average molecular weight is 190 g/mol. The first-order chi connectivity index (χ1) is 4.85. The minimum absolute atomic E-state index is 0.451. The summed E-state index contributed by atoms with van der Waals surface area (Å²) in [7, 11) is 0. The van der Waals surface area contributed by atoms with Gasteiger partial charge in [0.05, 0.1) is 0 Å². The third-order valence-corrected chi connectivity index (χ3v) is 2.06. The van der Waals surface area contributed by atoms with E-state index in [1.807, 2.05) is 0 Å². The Hall–Kier alpha value is 0.270. The molecule has 0 aromatic rings. The minimum atomic E-state index is 0.451. The molecule has 0 bridgehead atoms. The molecule has 0 aliphatic rings. The Morgan fingerprint density at radius 3 is 2.20 bits per heavy atom. The van der Waals surface area contributed by atoms with Crippen molar-refractivity contribution < 1.29 is 0 Å². The van der Waals surface area contributed by atoms with E-state index in [0.717, 1.165) is 19.3 Å². The second-order valence-electron chi connectivity index (χ2n) is 2.04. The van der Waals surface area contributed by atoms with Crippen molar-refractivity contribution in [3.63, 3.8) is 0 Å². The highest BCUT2D eigenvalue weighted by atomic mass is 32.1. The quantitative estimate of drug-likeness (QED) is 0.591. The molecular formula is C7H10S3. The fourth-order valence-corrected chi connectivity index (χ4v) is 1.28. The minimum Gasteiger partial charge on any atom is -0.0935 e. The maximum atomic E-state index is 4.81. The Labute approximate surface area is 78.0 Å². The highest BCUT2D eigenvalue weighted by Gasteiger charge is 2.00. The van der Waals surface area contributed by atoms with Gasteiger partial charge in [-0.1, -0.05) is 36.7 Å². The summed E-state index contributed by atoms with van der Waals surface area (Å²) in [6.45, 7) is 0. The molecular weight excluding hydrogens is 180 g/mol. The Morgan fingerprint density at radius 1 is 1.10 bits per heavy atom. The number of hydrogen-bond acceptors (Lipinski definition) is 3. The van der Waals surface area contributed by atoms with Gasteiger partial charge in [-0.2, -0.15) is 0 Å². The van der Waals surface area contributed by atoms with Gasteiger partial charge in [-0.15, -0.1) is 0 Å². The van der Waals surface area contributed by atoms with Gasteiger partial charge >= 0.3 is 0 Å². The highest BCUT2D eigenvalue weighted by Crippen LogP contribution is 2.06. The molecule has 3 heteroatoms. The van der Waals surface area contributed by atoms with Crippen LogP contribution in [-0.2, 0) is 0 Å². The molecule has 0 aliphatic carbocycles. The lowest BCUT2D eigenvalue weighted by molar-refractivity contribution is 0.701. The molecule has 0 heterocycles. The SMILES string of the molecule is S=CCCC(C=S)CC=S. The standard InChI is InChI=1S/C7H10S3/c8-4-1-2-7(6-10)3-5-9/h4-7H,1-3H2. The summed E-state index contributed by atoms with van der Waals surface area (Å²) in [5.41, 5.74) is 0. The molecule has 0 nitrogen and oxygen atoms in total. The molecule has 1 atom stereocenters. The predicted octanol–water partition coefficient (Wildman–Crippen LogP) is 2.77. The van der Waals surface area contributed by atoms with E-state index in [-0.39, 0.29) is 0 Å². The zero-order valence-electron chi connectivity index (χ0n) is 5.66. The van der Waals surface area contributed by atoms with Crippen molar-refractivity contribution in [3.8, 4) is 0 Å². The molecule has 0 spiro atoms. The van der Waals surface area contributed by atoms with Crippen LogP contribution in [0, 0.1) is 5.92 Å². The molecule has 1 unspecified atom stereocenters. The number of hydrogen-bond donors (Lipinski definition) is 0. The second-order valence-corrected chi connectivity index (χ2v) is 2.98. The van der Waals surface area contributed by atoms with Crippen molar-refractivity contribution in [2.75, 3.05) is 0 Å². The van der Waals surface area contributed by atoms with Gasteiger partial charge in [0.2, 0.25) is 0 Å². The summed E-state index contributed by atoms with van der Waals surface area (Å²) in [4.78, 5) is 0. The van der Waals surface area contributed by atoms with Crippen LogP contribution in [0.25, 0.3) is 0 Å². The number of thiocarbonyl (C=S) groups is 3. The molecule has 0 N–H and O–H groups in total. The lowest BCUT2D eigenvalue weighted by Crippen LogP contribution is -2.00. The van der Waals surface area contributed by atoms with E-state index in [1.165, 1.54) is 0 Å². The molecule has 0 radical (unpaired) electrons. The first-order valence-electron chi connectivity index (χ1n) is 3.17. The molecule has 0 amide bonds. The van der Waals surface area contributed by atoms with Crippen molar-refractivity contribution in [2.45, 2.75) is 19.3 Å². The Bertz CT molecular complexity index is 120. The summed E-state index contributed by atoms with van der Waals surface area (Å²) < 4.78 is 0. The fraction of sp³-hybridized carbons (Fsp3) is 0.571. The van der Waals surface area contributed by atoms with Crippen LogP contribution in [0.4, 0.5) is 0 Å². The van der Waals surface area contributed by atoms with E-state index in [2.05, 4.69) is 0 Å². The molecule has 10 heavy (non-hydrogen) atoms. The van der Waals surface area contributed by atoms with E-state index in [9.17, 15) is 0 Å². The van der Waals surface area contributed by atoms with E-state index in [1.54, 1.807) is 16.1 Å². The van der Waals surface area contributed by atoms with E-state index < -0.39 is 0 Å². The van der Waals surface area contributed by atoms with Gasteiger partial charge < -0.3 is 0 Å². The Balaban J connectivity index is 3.47. The maximum Gasteiger partial charge on any atom is -0.00825 e. The van der Waals surface area contributed by atoms with Gasteiger partial charge in [-0.25, -0.2) is 0 Å². The molecule has 0 aliphatic heterocycles. The van der Waals surface area contributed by atoms with Crippen molar-refractivity contribution in [1.29, 1.82) is 0 Å². The lowest BCUT2D eigenvalue weighted by Gasteiger charge is -2.03. The van der Waals surface area contributed by atoms with Crippen LogP contribution in [0.5, 0.6) is 0 Å². The maximum absolute atomic E-state index is 4.81. The van der Waals surface area contributed by atoms with Gasteiger partial charge in [0.15, 0.2) is 0 Å². The topological polar surface area (TPSA) is 0 Å². The van der Waals surface area contributed by atoms with E-state index in [0.29, 0.717) is 5.92 Å². The first kappa shape index (κ1) is 10.3. The van der Waals surface area contributed by atoms with Crippen LogP contribution < -0.4 is 0 Å². The highest BCUT2D eigenvalue weighted by molar-refractivity contribution is 7.79. The van der Waals surface area contributed by atoms with Gasteiger partial charge in [0, 0.05) is 0 Å². The molecule has 0 rings (SSSR count). The zero-order chi connectivity index (χ0) is 7.82. The summed E-state index contributed by atoms with van der Waals surface area (Å²) in [5, 5.41) is 5.26. The lowest BCUT2D eigenvalue weighted by atomic mass is 10.0. The summed E-state index contributed by atoms with van der Waals surface area (Å²) in [5.74, 6) is 0.451. The largest absolute Gasteiger partial charge is 0.0935 e. The fourth-order valence-electron chi connectivity index (χ4n) is 0.647. The second kappa shape index (κ2) is 7.38. The van der Waals surface area contributed by atoms with Crippen molar-refractivity contribution >= 4 is 52.8 Å². The average Bonchev–Trinajstić information content (AvgIpc) is 1.98. The van der Waals surface area contributed by atoms with Crippen LogP contribution in [0.2, 0.25) is 0 Å². The van der Waals surface area contributed by atoms with Gasteiger partial charge in [0.1, 0.15) is 0 Å². The predicted molar refractivity (Wildman–Crippen MR) is 58.3 cm³/mol. The molecule has 0 saturated heterocycles. The number of rotatable bonds is 6. The summed E-state index contributed by atoms with van der Waals surface area (Å²) in [6, 6.07) is 0. The smallest absolute Gasteiger partial charge is 0.00825 e. The Kier molecular flexibility index (Phi) is 7.58. The molecule has 56 valence electrons. The first-order valence-corrected chi connectivity index (χ1v) is 4.59. The monoisotopic (exact) mass is 190 g/mol. The van der Waals surface area contributed by atoms with E-state index in [4.69, 9.17) is 36.7 Å². The van der Waals surface area contributed by atoms with Crippen LogP contribution in [0.15, 0.2) is 0 Å². The normalized spacial score (nSPS) is 12.0.